The quantitative estimate of drug-likeness (QED) is 0.812. The van der Waals surface area contributed by atoms with Crippen LogP contribution in [0.3, 0.4) is 0 Å². The molecule has 0 aliphatic rings. The van der Waals surface area contributed by atoms with Crippen LogP contribution in [0.5, 0.6) is 0 Å². The Morgan fingerprint density at radius 1 is 1.61 bits per heavy atom. The van der Waals surface area contributed by atoms with Gasteiger partial charge in [0, 0.05) is 0 Å². The van der Waals surface area contributed by atoms with Crippen molar-refractivity contribution in [2.45, 2.75) is 13.0 Å². The van der Waals surface area contributed by atoms with Crippen molar-refractivity contribution in [2.24, 2.45) is 0 Å². The maximum Gasteiger partial charge on any atom is 0.242 e. The Morgan fingerprint density at radius 3 is 2.94 bits per heavy atom. The van der Waals surface area contributed by atoms with Crippen LogP contribution in [0.1, 0.15) is 12.5 Å². The van der Waals surface area contributed by atoms with Crippen LogP contribution in [0, 0.1) is 23.7 Å². The fourth-order valence-corrected chi connectivity index (χ4v) is 1.47. The van der Waals surface area contributed by atoms with E-state index in [0.717, 1.165) is 0 Å². The molecule has 1 rings (SSSR count). The van der Waals surface area contributed by atoms with Crippen molar-refractivity contribution in [3.63, 3.8) is 0 Å². The molecule has 4 nitrogen and oxygen atoms in total. The van der Waals surface area contributed by atoms with E-state index in [9.17, 15) is 4.79 Å². The van der Waals surface area contributed by atoms with Gasteiger partial charge in [-0.3, -0.25) is 4.79 Å². The number of halogens is 1. The number of anilines is 1. The Balaban J connectivity index is 2.76. The minimum Gasteiger partial charge on any atom is -0.373 e. The third-order valence-corrected chi connectivity index (χ3v) is 2.56. The zero-order chi connectivity index (χ0) is 13.5. The summed E-state index contributed by atoms with van der Waals surface area (Å²) in [6.45, 7) is 1.86. The zero-order valence-corrected chi connectivity index (χ0v) is 10.6. The van der Waals surface area contributed by atoms with Gasteiger partial charge in [0.25, 0.3) is 0 Å². The van der Waals surface area contributed by atoms with Crippen molar-refractivity contribution >= 4 is 23.2 Å². The fourth-order valence-electron chi connectivity index (χ4n) is 1.30. The average molecular weight is 262 g/mol. The van der Waals surface area contributed by atoms with Gasteiger partial charge in [0.1, 0.15) is 6.04 Å². The standard InChI is InChI=1S/C13H12ClN3O/c1-3-6-16-13(18)9(2)17-12-7-10(8-15)4-5-11(12)14/h1,4-5,7,9,17H,6H2,2H3,(H,16,18). The minimum atomic E-state index is -0.496. The fraction of sp³-hybridized carbons (Fsp3) is 0.231. The molecule has 0 radical (unpaired) electrons. The lowest BCUT2D eigenvalue weighted by Gasteiger charge is -2.15. The molecule has 2 N–H and O–H groups in total. The lowest BCUT2D eigenvalue weighted by molar-refractivity contribution is -0.121. The van der Waals surface area contributed by atoms with Gasteiger partial charge in [-0.1, -0.05) is 17.5 Å². The van der Waals surface area contributed by atoms with Crippen molar-refractivity contribution in [2.75, 3.05) is 11.9 Å². The van der Waals surface area contributed by atoms with Gasteiger partial charge in [-0.05, 0) is 25.1 Å². The second kappa shape index (κ2) is 6.54. The van der Waals surface area contributed by atoms with E-state index in [-0.39, 0.29) is 12.5 Å². The van der Waals surface area contributed by atoms with Crippen LogP contribution in [-0.4, -0.2) is 18.5 Å². The van der Waals surface area contributed by atoms with Gasteiger partial charge in [0.05, 0.1) is 28.9 Å². The smallest absolute Gasteiger partial charge is 0.242 e. The molecule has 92 valence electrons. The van der Waals surface area contributed by atoms with Gasteiger partial charge in [-0.2, -0.15) is 5.26 Å². The number of rotatable bonds is 4. The summed E-state index contributed by atoms with van der Waals surface area (Å²) >= 11 is 5.97. The van der Waals surface area contributed by atoms with Crippen LogP contribution >= 0.6 is 11.6 Å². The first kappa shape index (κ1) is 13.9. The summed E-state index contributed by atoms with van der Waals surface area (Å²) in [5.41, 5.74) is 1.01. The van der Waals surface area contributed by atoms with E-state index in [0.29, 0.717) is 16.3 Å². The van der Waals surface area contributed by atoms with Crippen LogP contribution in [0.25, 0.3) is 0 Å². The maximum atomic E-state index is 11.6. The molecule has 1 aromatic carbocycles. The molecular weight excluding hydrogens is 250 g/mol. The molecule has 1 unspecified atom stereocenters. The second-order valence-corrected chi connectivity index (χ2v) is 4.00. The highest BCUT2D eigenvalue weighted by atomic mass is 35.5. The van der Waals surface area contributed by atoms with Crippen LogP contribution in [-0.2, 0) is 4.79 Å². The number of hydrogen-bond acceptors (Lipinski definition) is 3. The normalized spacial score (nSPS) is 10.9. The Hall–Kier alpha value is -2.17. The average Bonchev–Trinajstić information content (AvgIpc) is 2.38. The number of nitrogens with one attached hydrogen (secondary N) is 2. The number of nitriles is 1. The summed E-state index contributed by atoms with van der Waals surface area (Å²) < 4.78 is 0. The number of benzene rings is 1. The van der Waals surface area contributed by atoms with E-state index in [4.69, 9.17) is 23.3 Å². The van der Waals surface area contributed by atoms with E-state index in [2.05, 4.69) is 16.6 Å². The Labute approximate surface area is 111 Å². The first-order chi connectivity index (χ1) is 8.58. The lowest BCUT2D eigenvalue weighted by Crippen LogP contribution is -2.37. The summed E-state index contributed by atoms with van der Waals surface area (Å²) in [5.74, 6) is 2.09. The van der Waals surface area contributed by atoms with Crippen LogP contribution in [0.15, 0.2) is 18.2 Å². The second-order valence-electron chi connectivity index (χ2n) is 3.59. The lowest BCUT2D eigenvalue weighted by atomic mass is 10.2. The summed E-state index contributed by atoms with van der Waals surface area (Å²) in [5, 5.41) is 14.7. The van der Waals surface area contributed by atoms with Gasteiger partial charge in [-0.15, -0.1) is 6.42 Å². The summed E-state index contributed by atoms with van der Waals surface area (Å²) in [4.78, 5) is 11.6. The van der Waals surface area contributed by atoms with Crippen LogP contribution in [0.2, 0.25) is 5.02 Å². The van der Waals surface area contributed by atoms with Crippen LogP contribution in [0.4, 0.5) is 5.69 Å². The molecule has 0 saturated heterocycles. The first-order valence-corrected chi connectivity index (χ1v) is 5.63. The molecule has 5 heteroatoms. The van der Waals surface area contributed by atoms with E-state index in [1.807, 2.05) is 6.07 Å². The number of hydrogen-bond donors (Lipinski definition) is 2. The summed E-state index contributed by atoms with van der Waals surface area (Å²) in [7, 11) is 0. The Kier molecular flexibility index (Phi) is 5.05. The third-order valence-electron chi connectivity index (χ3n) is 2.23. The number of carbonyl (C=O) groups excluding carboxylic acids is 1. The van der Waals surface area contributed by atoms with E-state index in [1.54, 1.807) is 25.1 Å². The topological polar surface area (TPSA) is 64.9 Å². The van der Waals surface area contributed by atoms with Crippen molar-refractivity contribution < 1.29 is 4.79 Å². The monoisotopic (exact) mass is 261 g/mol. The molecule has 1 amide bonds. The van der Waals surface area contributed by atoms with Gasteiger partial charge in [-0.25, -0.2) is 0 Å². The number of nitrogens with zero attached hydrogens (tertiary/aromatic N) is 1. The predicted octanol–water partition coefficient (Wildman–Crippen LogP) is 1.76. The highest BCUT2D eigenvalue weighted by Crippen LogP contribution is 2.23. The largest absolute Gasteiger partial charge is 0.373 e. The van der Waals surface area contributed by atoms with Gasteiger partial charge < -0.3 is 10.6 Å². The number of amides is 1. The SMILES string of the molecule is C#CCNC(=O)C(C)Nc1cc(C#N)ccc1Cl. The van der Waals surface area contributed by atoms with E-state index < -0.39 is 6.04 Å². The molecule has 0 aliphatic carbocycles. The molecule has 0 heterocycles. The maximum absolute atomic E-state index is 11.6. The molecule has 0 fully saturated rings. The molecule has 1 aromatic rings. The minimum absolute atomic E-state index is 0.177. The number of carbonyl (C=O) groups is 1. The van der Waals surface area contributed by atoms with Crippen LogP contribution < -0.4 is 10.6 Å². The molecule has 18 heavy (non-hydrogen) atoms. The predicted molar refractivity (Wildman–Crippen MR) is 71.1 cm³/mol. The first-order valence-electron chi connectivity index (χ1n) is 5.26. The molecule has 0 saturated carbocycles. The zero-order valence-electron chi connectivity index (χ0n) is 9.83. The molecule has 0 aromatic heterocycles. The molecular formula is C13H12ClN3O. The molecule has 1 atom stereocenters. The van der Waals surface area contributed by atoms with Gasteiger partial charge >= 0.3 is 0 Å². The Morgan fingerprint density at radius 2 is 2.33 bits per heavy atom. The van der Waals surface area contributed by atoms with Crippen molar-refractivity contribution in [3.05, 3.63) is 28.8 Å². The molecule has 0 aliphatic heterocycles. The van der Waals surface area contributed by atoms with Gasteiger partial charge in [0.15, 0.2) is 0 Å². The summed E-state index contributed by atoms with van der Waals surface area (Å²) in [6, 6.07) is 6.31. The highest BCUT2D eigenvalue weighted by Gasteiger charge is 2.13. The molecule has 0 bridgehead atoms. The van der Waals surface area contributed by atoms with E-state index in [1.165, 1.54) is 0 Å². The molecule has 0 spiro atoms. The van der Waals surface area contributed by atoms with E-state index >= 15 is 0 Å². The Bertz CT molecular complexity index is 528. The highest BCUT2D eigenvalue weighted by molar-refractivity contribution is 6.33. The summed E-state index contributed by atoms with van der Waals surface area (Å²) in [6.07, 6.45) is 5.05. The van der Waals surface area contributed by atoms with Crippen molar-refractivity contribution in [1.82, 2.24) is 5.32 Å². The van der Waals surface area contributed by atoms with Crippen molar-refractivity contribution in [3.8, 4) is 18.4 Å². The van der Waals surface area contributed by atoms with Gasteiger partial charge in [0.2, 0.25) is 5.91 Å². The van der Waals surface area contributed by atoms with Crippen molar-refractivity contribution in [1.29, 1.82) is 5.26 Å². The third kappa shape index (κ3) is 3.69. The number of terminal acetylenes is 1.